The summed E-state index contributed by atoms with van der Waals surface area (Å²) in [7, 11) is 0. The standard InChI is InChI=1S/C3H7N3/c1-2-3-5-6-4/h2-3H2,1H3/i1T. The second kappa shape index (κ2) is 4.31. The van der Waals surface area contributed by atoms with E-state index in [1.165, 1.54) is 0 Å². The van der Waals surface area contributed by atoms with Gasteiger partial charge in [-0.15, -0.1) is 0 Å². The first kappa shape index (κ1) is 3.50. The average Bonchev–Trinajstić information content (AvgIpc) is 1.69. The van der Waals surface area contributed by atoms with Crippen LogP contribution < -0.4 is 0 Å². The predicted molar refractivity (Wildman–Crippen MR) is 24.3 cm³/mol. The van der Waals surface area contributed by atoms with Crippen molar-refractivity contribution in [3.63, 3.8) is 0 Å². The molecule has 0 fully saturated rings. The van der Waals surface area contributed by atoms with Gasteiger partial charge in [-0.1, -0.05) is 18.4 Å². The molecule has 0 bridgehead atoms. The molecule has 0 aliphatic rings. The molecule has 0 radical (unpaired) electrons. The molecule has 0 rings (SSSR count). The topological polar surface area (TPSA) is 48.8 Å². The lowest BCUT2D eigenvalue weighted by Crippen LogP contribution is -1.65. The molecule has 0 N–H and O–H groups in total. The van der Waals surface area contributed by atoms with E-state index >= 15 is 0 Å². The lowest BCUT2D eigenvalue weighted by Gasteiger charge is -1.71. The van der Waals surface area contributed by atoms with Gasteiger partial charge >= 0.3 is 0 Å². The van der Waals surface area contributed by atoms with Crippen LogP contribution in [0.5, 0.6) is 0 Å². The second-order valence-corrected chi connectivity index (χ2v) is 0.808. The van der Waals surface area contributed by atoms with Crippen LogP contribution in [0.25, 0.3) is 10.4 Å². The van der Waals surface area contributed by atoms with Gasteiger partial charge in [0.1, 0.15) is 0 Å². The van der Waals surface area contributed by atoms with Gasteiger partial charge in [0.05, 0.1) is 0 Å². The Bertz CT molecular complexity index is 76.2. The molecule has 3 heteroatoms. The largest absolute Gasteiger partial charge is 0.0940 e. The number of rotatable bonds is 2. The Morgan fingerprint density at radius 2 is 3.00 bits per heavy atom. The zero-order valence-electron chi connectivity index (χ0n) is 4.46. The third-order valence-electron chi connectivity index (χ3n) is 0.321. The zero-order chi connectivity index (χ0) is 5.54. The molecule has 0 aliphatic heterocycles. The highest BCUT2D eigenvalue weighted by Crippen LogP contribution is 1.74. The molecule has 0 atom stereocenters. The molecular weight excluding hydrogens is 78.1 g/mol. The van der Waals surface area contributed by atoms with Crippen molar-refractivity contribution in [3.8, 4) is 0 Å². The Morgan fingerprint density at radius 1 is 2.17 bits per heavy atom. The van der Waals surface area contributed by atoms with E-state index in [2.05, 4.69) is 10.0 Å². The molecule has 0 amide bonds. The fraction of sp³-hybridized carbons (Fsp3) is 1.00. The molecule has 34 valence electrons. The average molecular weight is 87.1 g/mol. The predicted octanol–water partition coefficient (Wildman–Crippen LogP) is 1.71. The smallest absolute Gasteiger partial charge is 0.0255 e. The maximum absolute atomic E-state index is 7.69. The molecule has 3 nitrogen and oxygen atoms in total. The highest BCUT2D eigenvalue weighted by atomic mass is 15.1. The monoisotopic (exact) mass is 87.1 g/mol. The van der Waals surface area contributed by atoms with Crippen molar-refractivity contribution in [1.82, 2.24) is 0 Å². The molecule has 0 heterocycles. The van der Waals surface area contributed by atoms with Crippen LogP contribution in [0.3, 0.4) is 0 Å². The minimum Gasteiger partial charge on any atom is -0.0940 e. The van der Waals surface area contributed by atoms with Crippen LogP contribution in [0, 0.1) is 0 Å². The summed E-state index contributed by atoms with van der Waals surface area (Å²) >= 11 is 0. The fourth-order valence-corrected chi connectivity index (χ4v) is 0.115. The van der Waals surface area contributed by atoms with Crippen molar-refractivity contribution < 1.29 is 1.37 Å². The minimum absolute atomic E-state index is 0.346. The van der Waals surface area contributed by atoms with Gasteiger partial charge in [-0.2, -0.15) is 0 Å². The maximum atomic E-state index is 7.69. The summed E-state index contributed by atoms with van der Waals surface area (Å²) in [5.74, 6) is 0. The highest BCUT2D eigenvalue weighted by Gasteiger charge is 1.65. The SMILES string of the molecule is [3H]CCCN=[N+]=[N-]. The van der Waals surface area contributed by atoms with E-state index in [1.807, 2.05) is 0 Å². The van der Waals surface area contributed by atoms with Crippen LogP contribution in [0.4, 0.5) is 0 Å². The van der Waals surface area contributed by atoms with E-state index in [-0.39, 0.29) is 0 Å². The summed E-state index contributed by atoms with van der Waals surface area (Å²) in [6.07, 6.45) is 0.671. The van der Waals surface area contributed by atoms with Gasteiger partial charge in [0, 0.05) is 12.8 Å². The highest BCUT2D eigenvalue weighted by molar-refractivity contribution is 4.40. The molecule has 0 aliphatic carbocycles. The third kappa shape index (κ3) is 3.31. The second-order valence-electron chi connectivity index (χ2n) is 0.808. The van der Waals surface area contributed by atoms with Gasteiger partial charge in [-0.05, 0) is 5.53 Å². The van der Waals surface area contributed by atoms with E-state index in [1.54, 1.807) is 0 Å². The molecule has 6 heavy (non-hydrogen) atoms. The van der Waals surface area contributed by atoms with Gasteiger partial charge in [-0.3, -0.25) is 0 Å². The molecule has 0 aromatic carbocycles. The Kier molecular flexibility index (Phi) is 2.51. The lowest BCUT2D eigenvalue weighted by molar-refractivity contribution is 0.922. The lowest BCUT2D eigenvalue weighted by atomic mass is 10.5. The van der Waals surface area contributed by atoms with E-state index in [4.69, 9.17) is 6.90 Å². The van der Waals surface area contributed by atoms with Crippen LogP contribution in [-0.2, 0) is 0 Å². The van der Waals surface area contributed by atoms with Gasteiger partial charge in [0.2, 0.25) is 0 Å². The van der Waals surface area contributed by atoms with Crippen LogP contribution >= 0.6 is 0 Å². The quantitative estimate of drug-likeness (QED) is 0.213. The van der Waals surface area contributed by atoms with Crippen LogP contribution in [-0.4, -0.2) is 6.54 Å². The Balaban J connectivity index is 2.83. The summed E-state index contributed by atoms with van der Waals surface area (Å²) < 4.78 is 6.60. The Hall–Kier alpha value is -0.690. The maximum Gasteiger partial charge on any atom is 0.0255 e. The normalized spacial score (nSPS) is 9.00. The minimum atomic E-state index is 0.346. The summed E-state index contributed by atoms with van der Waals surface area (Å²) in [6.45, 7) is 0.805. The van der Waals surface area contributed by atoms with E-state index in [9.17, 15) is 0 Å². The van der Waals surface area contributed by atoms with Crippen molar-refractivity contribution in [1.29, 1.82) is 0 Å². The van der Waals surface area contributed by atoms with Gasteiger partial charge in [-0.25, -0.2) is 0 Å². The molecular formula is C3H7N3. The molecule has 0 saturated heterocycles. The summed E-state index contributed by atoms with van der Waals surface area (Å²) in [5.41, 5.74) is 7.69. The van der Waals surface area contributed by atoms with Crippen molar-refractivity contribution in [3.05, 3.63) is 10.4 Å². The number of azide groups is 1. The first-order valence-electron chi connectivity index (χ1n) is 2.42. The zero-order valence-corrected chi connectivity index (χ0v) is 3.46. The van der Waals surface area contributed by atoms with Crippen molar-refractivity contribution in [2.75, 3.05) is 6.54 Å². The fourth-order valence-electron chi connectivity index (χ4n) is 0.115. The Morgan fingerprint density at radius 3 is 3.50 bits per heavy atom. The molecule has 0 spiro atoms. The molecule has 0 aromatic rings. The Labute approximate surface area is 38.0 Å². The number of nitrogens with zero attached hydrogens (tertiary/aromatic N) is 3. The van der Waals surface area contributed by atoms with Crippen LogP contribution in [0.15, 0.2) is 5.11 Å². The van der Waals surface area contributed by atoms with Crippen LogP contribution in [0.2, 0.25) is 0 Å². The number of hydrogen-bond donors (Lipinski definition) is 0. The van der Waals surface area contributed by atoms with Crippen LogP contribution in [0.1, 0.15) is 14.7 Å². The van der Waals surface area contributed by atoms with E-state index < -0.39 is 0 Å². The van der Waals surface area contributed by atoms with Crippen molar-refractivity contribution >= 4 is 0 Å². The van der Waals surface area contributed by atoms with Gasteiger partial charge < -0.3 is 0 Å². The molecule has 0 unspecified atom stereocenters. The first-order valence-corrected chi connectivity index (χ1v) is 1.72. The summed E-state index contributed by atoms with van der Waals surface area (Å²) in [6, 6.07) is 0. The van der Waals surface area contributed by atoms with E-state index in [0.717, 1.165) is 0 Å². The van der Waals surface area contributed by atoms with Gasteiger partial charge in [0.15, 0.2) is 0 Å². The van der Waals surface area contributed by atoms with Crippen molar-refractivity contribution in [2.45, 2.75) is 13.3 Å². The van der Waals surface area contributed by atoms with Crippen molar-refractivity contribution in [2.24, 2.45) is 5.11 Å². The third-order valence-corrected chi connectivity index (χ3v) is 0.321. The summed E-state index contributed by atoms with van der Waals surface area (Å²) in [4.78, 5) is 2.51. The molecule has 0 saturated carbocycles. The van der Waals surface area contributed by atoms with E-state index in [0.29, 0.717) is 19.9 Å². The number of hydrogen-bond acceptors (Lipinski definition) is 1. The first-order chi connectivity index (χ1) is 3.41. The summed E-state index contributed by atoms with van der Waals surface area (Å²) in [5, 5.41) is 3.22. The molecule has 0 aromatic heterocycles. The van der Waals surface area contributed by atoms with Gasteiger partial charge in [0.25, 0.3) is 0 Å².